The fraction of sp³-hybridized carbons (Fsp3) is 0.350. The van der Waals surface area contributed by atoms with Gasteiger partial charge < -0.3 is 10.2 Å². The van der Waals surface area contributed by atoms with Crippen LogP contribution in [0.4, 0.5) is 10.2 Å². The molecule has 30 heavy (non-hydrogen) atoms. The number of anilines is 1. The second-order valence-electron chi connectivity index (χ2n) is 7.25. The van der Waals surface area contributed by atoms with E-state index in [4.69, 9.17) is 0 Å². The van der Waals surface area contributed by atoms with Crippen LogP contribution in [0.5, 0.6) is 0 Å². The number of carbonyl (C=O) groups excluding carboxylic acids is 2. The average molecular weight is 434 g/mol. The maximum Gasteiger partial charge on any atom is 0.253 e. The first-order valence-corrected chi connectivity index (χ1v) is 10.9. The molecule has 1 aromatic carbocycles. The SMILES string of the molecule is CN(C)S(=O)(=O)c1ccc(NC(=O)[C@H]2CCCN(C(=O)c3ccc(F)cc3)C2)nc1. The fourth-order valence-corrected chi connectivity index (χ4v) is 4.04. The molecule has 0 aliphatic carbocycles. The monoisotopic (exact) mass is 434 g/mol. The molecule has 8 nitrogen and oxygen atoms in total. The molecular formula is C20H23FN4O4S. The van der Waals surface area contributed by atoms with E-state index in [-0.39, 0.29) is 29.1 Å². The van der Waals surface area contributed by atoms with E-state index in [1.165, 1.54) is 56.7 Å². The number of rotatable bonds is 5. The van der Waals surface area contributed by atoms with E-state index in [0.29, 0.717) is 24.9 Å². The van der Waals surface area contributed by atoms with Gasteiger partial charge in [-0.3, -0.25) is 9.59 Å². The Hall–Kier alpha value is -2.85. The third-order valence-electron chi connectivity index (χ3n) is 4.94. The molecule has 2 heterocycles. The van der Waals surface area contributed by atoms with Crippen LogP contribution in [0.3, 0.4) is 0 Å². The Bertz CT molecular complexity index is 1020. The van der Waals surface area contributed by atoms with Gasteiger partial charge in [0.2, 0.25) is 15.9 Å². The predicted molar refractivity (Wildman–Crippen MR) is 109 cm³/mol. The first-order chi connectivity index (χ1) is 14.2. The predicted octanol–water partition coefficient (Wildman–Crippen LogP) is 1.96. The van der Waals surface area contributed by atoms with E-state index in [9.17, 15) is 22.4 Å². The molecule has 0 bridgehead atoms. The number of nitrogens with zero attached hydrogens (tertiary/aromatic N) is 3. The van der Waals surface area contributed by atoms with Gasteiger partial charge in [-0.05, 0) is 49.2 Å². The molecule has 1 atom stereocenters. The summed E-state index contributed by atoms with van der Waals surface area (Å²) in [6.45, 7) is 0.768. The molecule has 0 saturated carbocycles. The van der Waals surface area contributed by atoms with Crippen molar-refractivity contribution < 1.29 is 22.4 Å². The maximum atomic E-state index is 13.1. The number of likely N-dealkylation sites (tertiary alicyclic amines) is 1. The minimum atomic E-state index is -3.60. The summed E-state index contributed by atoms with van der Waals surface area (Å²) in [4.78, 5) is 30.9. The van der Waals surface area contributed by atoms with E-state index in [2.05, 4.69) is 10.3 Å². The van der Waals surface area contributed by atoms with E-state index >= 15 is 0 Å². The van der Waals surface area contributed by atoms with Crippen molar-refractivity contribution in [3.8, 4) is 0 Å². The number of halogens is 1. The van der Waals surface area contributed by atoms with Crippen LogP contribution in [-0.2, 0) is 14.8 Å². The van der Waals surface area contributed by atoms with Crippen molar-refractivity contribution in [2.24, 2.45) is 5.92 Å². The lowest BCUT2D eigenvalue weighted by Crippen LogP contribution is -2.43. The number of hydrogen-bond acceptors (Lipinski definition) is 5. The van der Waals surface area contributed by atoms with Gasteiger partial charge >= 0.3 is 0 Å². The molecule has 1 aliphatic heterocycles. The Balaban J connectivity index is 1.64. The lowest BCUT2D eigenvalue weighted by Gasteiger charge is -2.32. The quantitative estimate of drug-likeness (QED) is 0.776. The highest BCUT2D eigenvalue weighted by molar-refractivity contribution is 7.89. The molecular weight excluding hydrogens is 411 g/mol. The normalized spacial score (nSPS) is 17.1. The Kier molecular flexibility index (Phi) is 6.47. The standard InChI is InChI=1S/C20H23FN4O4S/c1-24(2)30(28,29)17-9-10-18(22-12-17)23-19(26)15-4-3-11-25(13-15)20(27)14-5-7-16(21)8-6-14/h5-10,12,15H,3-4,11,13H2,1-2H3,(H,22,23,26)/t15-/m0/s1. The van der Waals surface area contributed by atoms with Crippen LogP contribution in [0, 0.1) is 11.7 Å². The van der Waals surface area contributed by atoms with E-state index < -0.39 is 21.8 Å². The van der Waals surface area contributed by atoms with Crippen LogP contribution in [-0.4, -0.2) is 61.6 Å². The molecule has 2 amide bonds. The van der Waals surface area contributed by atoms with Gasteiger partial charge in [-0.25, -0.2) is 22.1 Å². The summed E-state index contributed by atoms with van der Waals surface area (Å²) in [5, 5.41) is 2.68. The molecule has 1 fully saturated rings. The molecule has 1 aliphatic rings. The van der Waals surface area contributed by atoms with Crippen molar-refractivity contribution >= 4 is 27.7 Å². The number of sulfonamides is 1. The fourth-order valence-electron chi connectivity index (χ4n) is 3.20. The van der Waals surface area contributed by atoms with Crippen LogP contribution in [0.2, 0.25) is 0 Å². The van der Waals surface area contributed by atoms with Gasteiger partial charge in [0.15, 0.2) is 0 Å². The van der Waals surface area contributed by atoms with Crippen LogP contribution in [0.25, 0.3) is 0 Å². The van der Waals surface area contributed by atoms with E-state index in [1.807, 2.05) is 0 Å². The van der Waals surface area contributed by atoms with E-state index in [1.54, 1.807) is 4.90 Å². The van der Waals surface area contributed by atoms with Crippen molar-refractivity contribution in [2.45, 2.75) is 17.7 Å². The zero-order valence-electron chi connectivity index (χ0n) is 16.7. The number of aromatic nitrogens is 1. The zero-order valence-corrected chi connectivity index (χ0v) is 17.5. The number of carbonyl (C=O) groups is 2. The third kappa shape index (κ3) is 4.82. The smallest absolute Gasteiger partial charge is 0.253 e. The lowest BCUT2D eigenvalue weighted by molar-refractivity contribution is -0.121. The Morgan fingerprint density at radius 2 is 1.87 bits per heavy atom. The van der Waals surface area contributed by atoms with Crippen molar-refractivity contribution in [1.29, 1.82) is 0 Å². The summed E-state index contributed by atoms with van der Waals surface area (Å²) in [6, 6.07) is 8.12. The van der Waals surface area contributed by atoms with Crippen LogP contribution in [0.15, 0.2) is 47.5 Å². The molecule has 1 aromatic heterocycles. The van der Waals surface area contributed by atoms with Gasteiger partial charge in [-0.1, -0.05) is 0 Å². The Labute approximate surface area is 174 Å². The molecule has 0 spiro atoms. The first-order valence-electron chi connectivity index (χ1n) is 9.43. The molecule has 2 aromatic rings. The van der Waals surface area contributed by atoms with Gasteiger partial charge in [0.25, 0.3) is 5.91 Å². The van der Waals surface area contributed by atoms with Crippen molar-refractivity contribution in [2.75, 3.05) is 32.5 Å². The van der Waals surface area contributed by atoms with E-state index in [0.717, 1.165) is 4.31 Å². The zero-order chi connectivity index (χ0) is 21.9. The Morgan fingerprint density at radius 1 is 1.17 bits per heavy atom. The van der Waals surface area contributed by atoms with Crippen molar-refractivity contribution in [3.05, 3.63) is 54.0 Å². The second-order valence-corrected chi connectivity index (χ2v) is 9.40. The number of hydrogen-bond donors (Lipinski definition) is 1. The molecule has 0 radical (unpaired) electrons. The largest absolute Gasteiger partial charge is 0.338 e. The van der Waals surface area contributed by atoms with Crippen molar-refractivity contribution in [1.82, 2.24) is 14.2 Å². The van der Waals surface area contributed by atoms with Crippen molar-refractivity contribution in [3.63, 3.8) is 0 Å². The number of benzene rings is 1. The molecule has 1 saturated heterocycles. The molecule has 160 valence electrons. The minimum absolute atomic E-state index is 0.0271. The average Bonchev–Trinajstić information content (AvgIpc) is 2.74. The van der Waals surface area contributed by atoms with Gasteiger partial charge in [0.1, 0.15) is 16.5 Å². The van der Waals surface area contributed by atoms with Gasteiger partial charge in [-0.2, -0.15) is 0 Å². The summed E-state index contributed by atoms with van der Waals surface area (Å²) in [6.07, 6.45) is 2.47. The minimum Gasteiger partial charge on any atom is -0.338 e. The summed E-state index contributed by atoms with van der Waals surface area (Å²) in [5.41, 5.74) is 0.372. The highest BCUT2D eigenvalue weighted by Gasteiger charge is 2.29. The Morgan fingerprint density at radius 3 is 2.47 bits per heavy atom. The highest BCUT2D eigenvalue weighted by Crippen LogP contribution is 2.21. The molecule has 3 rings (SSSR count). The first kappa shape index (κ1) is 21.8. The van der Waals surface area contributed by atoms with Gasteiger partial charge in [0.05, 0.1) is 5.92 Å². The topological polar surface area (TPSA) is 99.7 Å². The number of nitrogens with one attached hydrogen (secondary N) is 1. The van der Waals surface area contributed by atoms with Gasteiger partial charge in [0, 0.05) is 38.9 Å². The molecule has 0 unspecified atom stereocenters. The molecule has 1 N–H and O–H groups in total. The number of pyridine rings is 1. The number of piperidine rings is 1. The summed E-state index contributed by atoms with van der Waals surface area (Å²) >= 11 is 0. The summed E-state index contributed by atoms with van der Waals surface area (Å²) in [7, 11) is -0.751. The van der Waals surface area contributed by atoms with Crippen LogP contribution in [0.1, 0.15) is 23.2 Å². The van der Waals surface area contributed by atoms with Crippen LogP contribution < -0.4 is 5.32 Å². The number of amides is 2. The third-order valence-corrected chi connectivity index (χ3v) is 6.74. The lowest BCUT2D eigenvalue weighted by atomic mass is 9.96. The summed E-state index contributed by atoms with van der Waals surface area (Å²) < 4.78 is 38.3. The maximum absolute atomic E-state index is 13.1. The summed E-state index contributed by atoms with van der Waals surface area (Å²) in [5.74, 6) is -1.14. The van der Waals surface area contributed by atoms with Gasteiger partial charge in [-0.15, -0.1) is 0 Å². The molecule has 10 heteroatoms. The van der Waals surface area contributed by atoms with Crippen LogP contribution >= 0.6 is 0 Å². The highest BCUT2D eigenvalue weighted by atomic mass is 32.2. The second kappa shape index (κ2) is 8.88.